The van der Waals surface area contributed by atoms with Crippen molar-refractivity contribution in [3.8, 4) is 0 Å². The van der Waals surface area contributed by atoms with Gasteiger partial charge in [-0.05, 0) is 49.8 Å². The molecular weight excluding hydrogens is 331 g/mol. The summed E-state index contributed by atoms with van der Waals surface area (Å²) in [5.41, 5.74) is 0.400. The molecule has 0 aliphatic carbocycles. The lowest BCUT2D eigenvalue weighted by Crippen LogP contribution is -2.55. The third-order valence-electron chi connectivity index (χ3n) is 5.74. The average molecular weight is 360 g/mol. The van der Waals surface area contributed by atoms with Gasteiger partial charge >= 0.3 is 0 Å². The van der Waals surface area contributed by atoms with Crippen molar-refractivity contribution in [3.05, 3.63) is 35.6 Å². The van der Waals surface area contributed by atoms with Gasteiger partial charge in [0, 0.05) is 43.6 Å². The van der Waals surface area contributed by atoms with Crippen LogP contribution in [0.25, 0.3) is 0 Å². The first kappa shape index (κ1) is 18.9. The Bertz CT molecular complexity index is 676. The highest BCUT2D eigenvalue weighted by atomic mass is 19.1. The van der Waals surface area contributed by atoms with Gasteiger partial charge in [-0.25, -0.2) is 4.39 Å². The molecular formula is C21H29FN2O2. The van der Waals surface area contributed by atoms with Crippen LogP contribution in [0.15, 0.2) is 24.3 Å². The fourth-order valence-corrected chi connectivity index (χ4v) is 4.24. The van der Waals surface area contributed by atoms with Crippen LogP contribution >= 0.6 is 0 Å². The average Bonchev–Trinajstić information content (AvgIpc) is 2.62. The van der Waals surface area contributed by atoms with E-state index in [9.17, 15) is 14.0 Å². The molecule has 1 aromatic carbocycles. The molecule has 0 aromatic heterocycles. The van der Waals surface area contributed by atoms with Crippen LogP contribution in [0.1, 0.15) is 56.3 Å². The Hall–Kier alpha value is -1.91. The van der Waals surface area contributed by atoms with Crippen LogP contribution in [0.5, 0.6) is 0 Å². The van der Waals surface area contributed by atoms with Crippen LogP contribution in [0.3, 0.4) is 0 Å². The third kappa shape index (κ3) is 4.25. The second-order valence-electron chi connectivity index (χ2n) is 8.34. The summed E-state index contributed by atoms with van der Waals surface area (Å²) in [7, 11) is 0. The molecule has 0 radical (unpaired) electrons. The normalized spacial score (nSPS) is 23.8. The van der Waals surface area contributed by atoms with E-state index in [1.54, 1.807) is 12.1 Å². The van der Waals surface area contributed by atoms with E-state index in [-0.39, 0.29) is 23.0 Å². The Kier molecular flexibility index (Phi) is 5.64. The lowest BCUT2D eigenvalue weighted by Gasteiger charge is -2.48. The van der Waals surface area contributed by atoms with Gasteiger partial charge in [0.25, 0.3) is 5.91 Å². The van der Waals surface area contributed by atoms with E-state index >= 15 is 0 Å². The number of amides is 2. The number of hydrogen-bond acceptors (Lipinski definition) is 2. The molecule has 0 saturated carbocycles. The minimum atomic E-state index is -0.384. The summed E-state index contributed by atoms with van der Waals surface area (Å²) in [5.74, 6) is 0.322. The van der Waals surface area contributed by atoms with Gasteiger partial charge in [-0.3, -0.25) is 9.59 Å². The minimum absolute atomic E-state index is 0.00781. The number of hydrogen-bond donors (Lipinski definition) is 0. The first-order valence-corrected chi connectivity index (χ1v) is 9.71. The Morgan fingerprint density at radius 3 is 2.81 bits per heavy atom. The zero-order valence-electron chi connectivity index (χ0n) is 15.8. The van der Waals surface area contributed by atoms with Gasteiger partial charge in [-0.1, -0.05) is 19.9 Å². The van der Waals surface area contributed by atoms with Crippen molar-refractivity contribution in [2.45, 2.75) is 46.0 Å². The van der Waals surface area contributed by atoms with Gasteiger partial charge in [0.2, 0.25) is 5.91 Å². The molecule has 3 rings (SSSR count). The van der Waals surface area contributed by atoms with Crippen LogP contribution in [0.4, 0.5) is 4.39 Å². The Labute approximate surface area is 155 Å². The summed E-state index contributed by atoms with van der Waals surface area (Å²) in [6.07, 6.45) is 4.41. The molecule has 142 valence electrons. The van der Waals surface area contributed by atoms with Crippen molar-refractivity contribution >= 4 is 11.8 Å². The molecule has 2 saturated heterocycles. The molecule has 2 aliphatic heterocycles. The topological polar surface area (TPSA) is 40.6 Å². The monoisotopic (exact) mass is 360 g/mol. The Morgan fingerprint density at radius 2 is 2.08 bits per heavy atom. The van der Waals surface area contributed by atoms with Crippen molar-refractivity contribution in [2.24, 2.45) is 11.3 Å². The fraction of sp³-hybridized carbons (Fsp3) is 0.619. The van der Waals surface area contributed by atoms with E-state index in [0.717, 1.165) is 38.8 Å². The molecule has 1 atom stereocenters. The largest absolute Gasteiger partial charge is 0.342 e. The van der Waals surface area contributed by atoms with Gasteiger partial charge in [0.15, 0.2) is 0 Å². The van der Waals surface area contributed by atoms with Crippen LogP contribution in [-0.2, 0) is 4.79 Å². The van der Waals surface area contributed by atoms with Crippen molar-refractivity contribution in [2.75, 3.05) is 26.2 Å². The van der Waals surface area contributed by atoms with Crippen LogP contribution in [0.2, 0.25) is 0 Å². The first-order valence-electron chi connectivity index (χ1n) is 9.71. The Morgan fingerprint density at radius 1 is 1.27 bits per heavy atom. The molecule has 5 heteroatoms. The number of carbonyl (C=O) groups is 2. The van der Waals surface area contributed by atoms with Crippen molar-refractivity contribution in [1.82, 2.24) is 9.80 Å². The second kappa shape index (κ2) is 7.77. The van der Waals surface area contributed by atoms with Crippen LogP contribution in [0, 0.1) is 17.2 Å². The second-order valence-corrected chi connectivity index (χ2v) is 8.34. The summed E-state index contributed by atoms with van der Waals surface area (Å²) in [5, 5.41) is 0. The van der Waals surface area contributed by atoms with Gasteiger partial charge in [-0.15, -0.1) is 0 Å². The molecule has 2 amide bonds. The standard InChI is InChI=1S/C21H29FN2O2/c1-16(2)8-12-23-14-21(10-7-19(23)25)9-4-11-24(15-21)20(26)17-5-3-6-18(22)13-17/h3,5-6,13,16H,4,7-12,14-15H2,1-2H3/t21-/m1/s1. The number of halogens is 1. The molecule has 2 heterocycles. The van der Waals surface area contributed by atoms with E-state index in [4.69, 9.17) is 0 Å². The molecule has 2 aliphatic rings. The smallest absolute Gasteiger partial charge is 0.253 e. The molecule has 1 aromatic rings. The predicted molar refractivity (Wildman–Crippen MR) is 99.2 cm³/mol. The van der Waals surface area contributed by atoms with E-state index in [0.29, 0.717) is 31.0 Å². The SMILES string of the molecule is CC(C)CCN1C[C@@]2(CCCN(C(=O)c3cccc(F)c3)C2)CCC1=O. The lowest BCUT2D eigenvalue weighted by molar-refractivity contribution is -0.139. The quantitative estimate of drug-likeness (QED) is 0.821. The Balaban J connectivity index is 1.70. The van der Waals surface area contributed by atoms with E-state index in [1.165, 1.54) is 12.1 Å². The van der Waals surface area contributed by atoms with Crippen LogP contribution in [-0.4, -0.2) is 47.8 Å². The van der Waals surface area contributed by atoms with Crippen molar-refractivity contribution < 1.29 is 14.0 Å². The maximum atomic E-state index is 13.5. The number of piperidine rings is 2. The first-order chi connectivity index (χ1) is 12.4. The van der Waals surface area contributed by atoms with Gasteiger partial charge < -0.3 is 9.80 Å². The highest BCUT2D eigenvalue weighted by Crippen LogP contribution is 2.39. The molecule has 4 nitrogen and oxygen atoms in total. The third-order valence-corrected chi connectivity index (χ3v) is 5.74. The van der Waals surface area contributed by atoms with E-state index in [2.05, 4.69) is 13.8 Å². The van der Waals surface area contributed by atoms with Gasteiger partial charge in [0.1, 0.15) is 5.82 Å². The number of nitrogens with zero attached hydrogens (tertiary/aromatic N) is 2. The summed E-state index contributed by atoms with van der Waals surface area (Å²) in [6.45, 7) is 7.25. The maximum Gasteiger partial charge on any atom is 0.253 e. The molecule has 0 unspecified atom stereocenters. The van der Waals surface area contributed by atoms with Crippen molar-refractivity contribution in [1.29, 1.82) is 0 Å². The molecule has 1 spiro atoms. The molecule has 26 heavy (non-hydrogen) atoms. The van der Waals surface area contributed by atoms with E-state index < -0.39 is 0 Å². The number of likely N-dealkylation sites (tertiary alicyclic amines) is 2. The molecule has 0 bridgehead atoms. The summed E-state index contributed by atoms with van der Waals surface area (Å²) in [6, 6.07) is 5.91. The van der Waals surface area contributed by atoms with Crippen LogP contribution < -0.4 is 0 Å². The fourth-order valence-electron chi connectivity index (χ4n) is 4.24. The summed E-state index contributed by atoms with van der Waals surface area (Å²) < 4.78 is 13.5. The number of benzene rings is 1. The molecule has 2 fully saturated rings. The summed E-state index contributed by atoms with van der Waals surface area (Å²) >= 11 is 0. The highest BCUT2D eigenvalue weighted by molar-refractivity contribution is 5.94. The predicted octanol–water partition coefficient (Wildman–Crippen LogP) is 3.72. The van der Waals surface area contributed by atoms with Gasteiger partial charge in [0.05, 0.1) is 0 Å². The molecule has 0 N–H and O–H groups in total. The summed E-state index contributed by atoms with van der Waals surface area (Å²) in [4.78, 5) is 29.0. The highest BCUT2D eigenvalue weighted by Gasteiger charge is 2.42. The van der Waals surface area contributed by atoms with Gasteiger partial charge in [-0.2, -0.15) is 0 Å². The number of carbonyl (C=O) groups excluding carboxylic acids is 2. The minimum Gasteiger partial charge on any atom is -0.342 e. The zero-order chi connectivity index (χ0) is 18.7. The zero-order valence-corrected chi connectivity index (χ0v) is 15.8. The van der Waals surface area contributed by atoms with Crippen molar-refractivity contribution in [3.63, 3.8) is 0 Å². The number of rotatable bonds is 4. The van der Waals surface area contributed by atoms with E-state index in [1.807, 2.05) is 9.80 Å². The maximum absolute atomic E-state index is 13.5. The lowest BCUT2D eigenvalue weighted by atomic mass is 9.73.